The fraction of sp³-hybridized carbons (Fsp3) is 0.368. The van der Waals surface area contributed by atoms with Gasteiger partial charge < -0.3 is 9.64 Å². The number of amides is 1. The molecule has 7 heteroatoms. The first-order chi connectivity index (χ1) is 12.7. The van der Waals surface area contributed by atoms with E-state index in [9.17, 15) is 4.79 Å². The molecule has 3 heterocycles. The zero-order valence-corrected chi connectivity index (χ0v) is 14.7. The standard InChI is InChI=1S/C19H21N5O2/c1-13-8-21-18(10-20-13)19(25)24-4-5-26-12-15(11-24)6-14-2-3-17-16(7-14)9-22-23-17/h2-3,7-10,15H,4-6,11-12H2,1H3,(H,22,23). The summed E-state index contributed by atoms with van der Waals surface area (Å²) in [6.07, 6.45) is 5.85. The van der Waals surface area contributed by atoms with E-state index in [0.717, 1.165) is 23.0 Å². The topological polar surface area (TPSA) is 84.0 Å². The predicted molar refractivity (Wildman–Crippen MR) is 96.8 cm³/mol. The Balaban J connectivity index is 1.48. The van der Waals surface area contributed by atoms with Crippen LogP contribution in [0.1, 0.15) is 21.7 Å². The molecule has 1 amide bonds. The summed E-state index contributed by atoms with van der Waals surface area (Å²) in [5, 5.41) is 8.12. The second kappa shape index (κ2) is 7.21. The zero-order valence-electron chi connectivity index (χ0n) is 14.7. The second-order valence-electron chi connectivity index (χ2n) is 6.73. The van der Waals surface area contributed by atoms with Crippen LogP contribution >= 0.6 is 0 Å². The van der Waals surface area contributed by atoms with Gasteiger partial charge in [-0.05, 0) is 31.0 Å². The maximum atomic E-state index is 12.8. The number of aryl methyl sites for hydroxylation is 1. The molecule has 1 aromatic carbocycles. The number of benzene rings is 1. The van der Waals surface area contributed by atoms with E-state index in [1.54, 1.807) is 12.4 Å². The Labute approximate surface area is 151 Å². The van der Waals surface area contributed by atoms with Crippen LogP contribution < -0.4 is 0 Å². The number of nitrogens with zero attached hydrogens (tertiary/aromatic N) is 4. The molecule has 1 fully saturated rings. The summed E-state index contributed by atoms with van der Waals surface area (Å²) in [6.45, 7) is 4.27. The number of aromatic nitrogens is 4. The summed E-state index contributed by atoms with van der Waals surface area (Å²) in [7, 11) is 0. The van der Waals surface area contributed by atoms with Crippen molar-refractivity contribution < 1.29 is 9.53 Å². The Morgan fingerprint density at radius 1 is 1.31 bits per heavy atom. The summed E-state index contributed by atoms with van der Waals surface area (Å²) in [6, 6.07) is 6.28. The zero-order chi connectivity index (χ0) is 17.9. The average molecular weight is 351 g/mol. The third-order valence-electron chi connectivity index (χ3n) is 4.65. The van der Waals surface area contributed by atoms with Crippen LogP contribution in [-0.4, -0.2) is 57.3 Å². The van der Waals surface area contributed by atoms with Crippen LogP contribution in [0.4, 0.5) is 0 Å². The SMILES string of the molecule is Cc1cnc(C(=O)N2CCOCC(Cc3ccc4[nH]ncc4c3)C2)cn1. The molecular formula is C19H21N5O2. The normalized spacial score (nSPS) is 18.0. The Kier molecular flexibility index (Phi) is 4.62. The van der Waals surface area contributed by atoms with Crippen molar-refractivity contribution in [1.29, 1.82) is 0 Å². The highest BCUT2D eigenvalue weighted by Crippen LogP contribution is 2.19. The molecule has 1 unspecified atom stereocenters. The molecule has 0 saturated carbocycles. The van der Waals surface area contributed by atoms with Crippen molar-refractivity contribution in [3.05, 3.63) is 53.7 Å². The molecule has 7 nitrogen and oxygen atoms in total. The first-order valence-corrected chi connectivity index (χ1v) is 8.77. The molecule has 1 saturated heterocycles. The highest BCUT2D eigenvalue weighted by molar-refractivity contribution is 5.92. The Bertz CT molecular complexity index is 906. The van der Waals surface area contributed by atoms with Crippen LogP contribution in [0.15, 0.2) is 36.8 Å². The molecule has 1 N–H and O–H groups in total. The number of aromatic amines is 1. The summed E-state index contributed by atoms with van der Waals surface area (Å²) in [5.74, 6) is 0.155. The van der Waals surface area contributed by atoms with Gasteiger partial charge in [0.2, 0.25) is 0 Å². The molecule has 0 bridgehead atoms. The highest BCUT2D eigenvalue weighted by atomic mass is 16.5. The molecule has 26 heavy (non-hydrogen) atoms. The van der Waals surface area contributed by atoms with Gasteiger partial charge in [-0.1, -0.05) is 6.07 Å². The minimum atomic E-state index is -0.0849. The summed E-state index contributed by atoms with van der Waals surface area (Å²) < 4.78 is 5.74. The number of hydrogen-bond acceptors (Lipinski definition) is 5. The Morgan fingerprint density at radius 3 is 3.08 bits per heavy atom. The lowest BCUT2D eigenvalue weighted by molar-refractivity contribution is 0.0731. The smallest absolute Gasteiger partial charge is 0.274 e. The van der Waals surface area contributed by atoms with Crippen molar-refractivity contribution in [2.24, 2.45) is 5.92 Å². The molecule has 0 aliphatic carbocycles. The van der Waals surface area contributed by atoms with E-state index in [0.29, 0.717) is 32.0 Å². The maximum Gasteiger partial charge on any atom is 0.274 e. The van der Waals surface area contributed by atoms with Gasteiger partial charge in [-0.25, -0.2) is 4.98 Å². The third-order valence-corrected chi connectivity index (χ3v) is 4.65. The van der Waals surface area contributed by atoms with Crippen LogP contribution in [0.5, 0.6) is 0 Å². The quantitative estimate of drug-likeness (QED) is 0.780. The van der Waals surface area contributed by atoms with Crippen molar-refractivity contribution >= 4 is 16.8 Å². The molecule has 3 aromatic rings. The van der Waals surface area contributed by atoms with Crippen LogP contribution in [0.3, 0.4) is 0 Å². The van der Waals surface area contributed by atoms with Gasteiger partial charge in [0.05, 0.1) is 36.8 Å². The number of H-pyrrole nitrogens is 1. The van der Waals surface area contributed by atoms with Crippen LogP contribution in [-0.2, 0) is 11.2 Å². The van der Waals surface area contributed by atoms with Gasteiger partial charge in [0.25, 0.3) is 5.91 Å². The molecule has 0 radical (unpaired) electrons. The lowest BCUT2D eigenvalue weighted by atomic mass is 9.98. The summed E-state index contributed by atoms with van der Waals surface area (Å²) in [5.41, 5.74) is 3.43. The number of carbonyl (C=O) groups is 1. The Hall–Kier alpha value is -2.80. The molecular weight excluding hydrogens is 330 g/mol. The third kappa shape index (κ3) is 3.57. The molecule has 1 atom stereocenters. The largest absolute Gasteiger partial charge is 0.379 e. The van der Waals surface area contributed by atoms with Gasteiger partial charge in [0.1, 0.15) is 5.69 Å². The first-order valence-electron chi connectivity index (χ1n) is 8.77. The lowest BCUT2D eigenvalue weighted by Crippen LogP contribution is -2.37. The Morgan fingerprint density at radius 2 is 2.23 bits per heavy atom. The predicted octanol–water partition coefficient (Wildman–Crippen LogP) is 1.99. The van der Waals surface area contributed by atoms with Gasteiger partial charge in [-0.3, -0.25) is 14.9 Å². The van der Waals surface area contributed by atoms with Crippen molar-refractivity contribution in [2.75, 3.05) is 26.3 Å². The van der Waals surface area contributed by atoms with E-state index >= 15 is 0 Å². The van der Waals surface area contributed by atoms with Gasteiger partial charge >= 0.3 is 0 Å². The minimum Gasteiger partial charge on any atom is -0.379 e. The van der Waals surface area contributed by atoms with Gasteiger partial charge in [-0.15, -0.1) is 0 Å². The summed E-state index contributed by atoms with van der Waals surface area (Å²) in [4.78, 5) is 23.0. The summed E-state index contributed by atoms with van der Waals surface area (Å²) >= 11 is 0. The fourth-order valence-corrected chi connectivity index (χ4v) is 3.31. The van der Waals surface area contributed by atoms with Crippen molar-refractivity contribution in [1.82, 2.24) is 25.1 Å². The van der Waals surface area contributed by atoms with Gasteiger partial charge in [0.15, 0.2) is 0 Å². The number of rotatable bonds is 3. The highest BCUT2D eigenvalue weighted by Gasteiger charge is 2.24. The molecule has 1 aliphatic rings. The van der Waals surface area contributed by atoms with Gasteiger partial charge in [-0.2, -0.15) is 5.10 Å². The number of nitrogens with one attached hydrogen (secondary N) is 1. The molecule has 2 aromatic heterocycles. The fourth-order valence-electron chi connectivity index (χ4n) is 3.31. The molecule has 134 valence electrons. The number of carbonyl (C=O) groups excluding carboxylic acids is 1. The van der Waals surface area contributed by atoms with Crippen LogP contribution in [0.25, 0.3) is 10.9 Å². The first kappa shape index (κ1) is 16.7. The van der Waals surface area contributed by atoms with Gasteiger partial charge in [0, 0.05) is 30.6 Å². The molecule has 4 rings (SSSR count). The average Bonchev–Trinajstić information content (AvgIpc) is 2.99. The van der Waals surface area contributed by atoms with E-state index in [1.165, 1.54) is 5.56 Å². The van der Waals surface area contributed by atoms with E-state index in [1.807, 2.05) is 24.1 Å². The van der Waals surface area contributed by atoms with E-state index in [-0.39, 0.29) is 11.8 Å². The second-order valence-corrected chi connectivity index (χ2v) is 6.73. The number of fused-ring (bicyclic) bond motifs is 1. The van der Waals surface area contributed by atoms with Crippen LogP contribution in [0.2, 0.25) is 0 Å². The maximum absolute atomic E-state index is 12.8. The van der Waals surface area contributed by atoms with Crippen molar-refractivity contribution in [3.63, 3.8) is 0 Å². The monoisotopic (exact) mass is 351 g/mol. The number of ether oxygens (including phenoxy) is 1. The van der Waals surface area contributed by atoms with Crippen LogP contribution in [0, 0.1) is 12.8 Å². The lowest BCUT2D eigenvalue weighted by Gasteiger charge is -2.23. The van der Waals surface area contributed by atoms with E-state index in [2.05, 4.69) is 32.3 Å². The van der Waals surface area contributed by atoms with E-state index < -0.39 is 0 Å². The minimum absolute atomic E-state index is 0.0849. The molecule has 1 aliphatic heterocycles. The molecule has 0 spiro atoms. The van der Waals surface area contributed by atoms with E-state index in [4.69, 9.17) is 4.74 Å². The van der Waals surface area contributed by atoms with Crippen molar-refractivity contribution in [3.8, 4) is 0 Å². The van der Waals surface area contributed by atoms with Crippen molar-refractivity contribution in [2.45, 2.75) is 13.3 Å². The number of hydrogen-bond donors (Lipinski definition) is 1.